The molecular weight excluding hydrogens is 285 g/mol. The van der Waals surface area contributed by atoms with Crippen LogP contribution in [-0.4, -0.2) is 16.5 Å². The monoisotopic (exact) mass is 305 g/mol. The first kappa shape index (κ1) is 15.8. The summed E-state index contributed by atoms with van der Waals surface area (Å²) in [7, 11) is 0. The van der Waals surface area contributed by atoms with Gasteiger partial charge in [-0.25, -0.2) is 14.4 Å². The Kier molecular flexibility index (Phi) is 5.56. The molecule has 0 amide bonds. The number of aromatic nitrogens is 2. The van der Waals surface area contributed by atoms with E-state index in [-0.39, 0.29) is 5.82 Å². The minimum Gasteiger partial charge on any atom is -0.370 e. The number of hydrogen-bond donors (Lipinski definition) is 1. The molecule has 0 bridgehead atoms. The Labute approximate surface area is 129 Å². The van der Waals surface area contributed by atoms with Crippen molar-refractivity contribution in [3.63, 3.8) is 0 Å². The van der Waals surface area contributed by atoms with Crippen molar-refractivity contribution in [2.45, 2.75) is 37.8 Å². The smallest absolute Gasteiger partial charge is 0.141 e. The highest BCUT2D eigenvalue weighted by molar-refractivity contribution is 7.98. The van der Waals surface area contributed by atoms with Gasteiger partial charge in [0.2, 0.25) is 0 Å². The number of halogens is 1. The summed E-state index contributed by atoms with van der Waals surface area (Å²) < 4.78 is 13.2. The van der Waals surface area contributed by atoms with Gasteiger partial charge in [-0.2, -0.15) is 0 Å². The Morgan fingerprint density at radius 1 is 1.24 bits per heavy atom. The van der Waals surface area contributed by atoms with Gasteiger partial charge >= 0.3 is 0 Å². The highest BCUT2D eigenvalue weighted by Crippen LogP contribution is 2.24. The largest absolute Gasteiger partial charge is 0.370 e. The number of aryl methyl sites for hydroxylation is 1. The summed E-state index contributed by atoms with van der Waals surface area (Å²) in [6, 6.07) is 6.59. The molecule has 0 aliphatic carbocycles. The van der Waals surface area contributed by atoms with E-state index in [9.17, 15) is 4.39 Å². The normalized spacial score (nSPS) is 10.7. The maximum absolute atomic E-state index is 13.2. The van der Waals surface area contributed by atoms with Crippen LogP contribution < -0.4 is 5.32 Å². The molecule has 1 aromatic heterocycles. The van der Waals surface area contributed by atoms with Crippen molar-refractivity contribution in [2.75, 3.05) is 11.9 Å². The van der Waals surface area contributed by atoms with E-state index in [1.165, 1.54) is 12.1 Å². The summed E-state index contributed by atoms with van der Waals surface area (Å²) in [5.74, 6) is 2.11. The van der Waals surface area contributed by atoms with E-state index in [1.807, 2.05) is 13.0 Å². The van der Waals surface area contributed by atoms with E-state index >= 15 is 0 Å². The van der Waals surface area contributed by atoms with Gasteiger partial charge in [0.25, 0.3) is 0 Å². The molecule has 21 heavy (non-hydrogen) atoms. The average Bonchev–Trinajstić information content (AvgIpc) is 2.45. The third-order valence-electron chi connectivity index (χ3n) is 3.12. The minimum absolute atomic E-state index is 0.216. The molecule has 0 aliphatic heterocycles. The van der Waals surface area contributed by atoms with Crippen molar-refractivity contribution in [3.05, 3.63) is 47.2 Å². The average molecular weight is 305 g/mol. The second-order valence-electron chi connectivity index (χ2n) is 4.68. The fraction of sp³-hybridized carbons (Fsp3) is 0.375. The second-order valence-corrected chi connectivity index (χ2v) is 5.73. The lowest BCUT2D eigenvalue weighted by molar-refractivity contribution is 0.624. The maximum atomic E-state index is 13.2. The van der Waals surface area contributed by atoms with Gasteiger partial charge in [-0.15, -0.1) is 11.8 Å². The molecular formula is C16H20FN3S. The number of thioether (sulfide) groups is 1. The Hall–Kier alpha value is -1.62. The van der Waals surface area contributed by atoms with Gasteiger partial charge in [-0.05, 0) is 38.5 Å². The number of nitrogens with one attached hydrogen (secondary N) is 1. The van der Waals surface area contributed by atoms with Crippen LogP contribution in [0.25, 0.3) is 0 Å². The molecule has 0 saturated carbocycles. The van der Waals surface area contributed by atoms with Crippen LogP contribution in [0.2, 0.25) is 0 Å². The molecule has 2 aromatic rings. The number of anilines is 1. The number of hydrogen-bond acceptors (Lipinski definition) is 4. The highest BCUT2D eigenvalue weighted by atomic mass is 32.2. The Balaban J connectivity index is 2.16. The Bertz CT molecular complexity index is 616. The predicted octanol–water partition coefficient (Wildman–Crippen LogP) is 4.21. The summed E-state index contributed by atoms with van der Waals surface area (Å²) in [6.45, 7) is 7.00. The summed E-state index contributed by atoms with van der Waals surface area (Å²) in [5, 5.41) is 3.30. The van der Waals surface area contributed by atoms with Crippen molar-refractivity contribution in [2.24, 2.45) is 0 Å². The zero-order valence-electron chi connectivity index (χ0n) is 12.6. The quantitative estimate of drug-likeness (QED) is 0.811. The number of rotatable bonds is 6. The summed E-state index contributed by atoms with van der Waals surface area (Å²) >= 11 is 1.54. The van der Waals surface area contributed by atoms with Crippen LogP contribution >= 0.6 is 11.8 Å². The molecule has 112 valence electrons. The van der Waals surface area contributed by atoms with Crippen molar-refractivity contribution < 1.29 is 4.39 Å². The van der Waals surface area contributed by atoms with Gasteiger partial charge in [0.05, 0.1) is 5.75 Å². The lowest BCUT2D eigenvalue weighted by Crippen LogP contribution is -2.09. The predicted molar refractivity (Wildman–Crippen MR) is 86.3 cm³/mol. The third-order valence-corrected chi connectivity index (χ3v) is 4.11. The molecule has 2 rings (SSSR count). The molecule has 0 saturated heterocycles. The van der Waals surface area contributed by atoms with Crippen LogP contribution in [0.15, 0.2) is 29.2 Å². The number of benzene rings is 1. The van der Waals surface area contributed by atoms with Gasteiger partial charge in [0.15, 0.2) is 0 Å². The van der Waals surface area contributed by atoms with Crippen LogP contribution in [0.4, 0.5) is 10.2 Å². The van der Waals surface area contributed by atoms with Crippen molar-refractivity contribution in [1.82, 2.24) is 9.97 Å². The third kappa shape index (κ3) is 4.17. The molecule has 0 unspecified atom stereocenters. The molecule has 0 fully saturated rings. The van der Waals surface area contributed by atoms with E-state index in [1.54, 1.807) is 17.8 Å². The zero-order valence-corrected chi connectivity index (χ0v) is 13.4. The first-order valence-corrected chi connectivity index (χ1v) is 8.11. The van der Waals surface area contributed by atoms with Crippen LogP contribution in [0.5, 0.6) is 0 Å². The van der Waals surface area contributed by atoms with E-state index in [0.29, 0.717) is 5.75 Å². The summed E-state index contributed by atoms with van der Waals surface area (Å²) in [5.41, 5.74) is 2.18. The van der Waals surface area contributed by atoms with Gasteiger partial charge < -0.3 is 5.32 Å². The van der Waals surface area contributed by atoms with E-state index < -0.39 is 0 Å². The van der Waals surface area contributed by atoms with Gasteiger partial charge in [-0.1, -0.05) is 13.0 Å². The lowest BCUT2D eigenvalue weighted by atomic mass is 10.1. The molecule has 0 radical (unpaired) electrons. The fourth-order valence-corrected chi connectivity index (χ4v) is 2.96. The second kappa shape index (κ2) is 7.41. The van der Waals surface area contributed by atoms with Crippen LogP contribution in [0.1, 0.15) is 30.9 Å². The van der Waals surface area contributed by atoms with Crippen LogP contribution in [0.3, 0.4) is 0 Å². The van der Waals surface area contributed by atoms with Crippen molar-refractivity contribution >= 4 is 17.6 Å². The highest BCUT2D eigenvalue weighted by Gasteiger charge is 2.10. The molecule has 0 aliphatic rings. The van der Waals surface area contributed by atoms with Gasteiger partial charge in [0.1, 0.15) is 17.5 Å². The van der Waals surface area contributed by atoms with E-state index in [2.05, 4.69) is 29.1 Å². The first-order valence-electron chi connectivity index (χ1n) is 7.12. The molecule has 3 nitrogen and oxygen atoms in total. The van der Waals surface area contributed by atoms with E-state index in [0.717, 1.165) is 40.8 Å². The van der Waals surface area contributed by atoms with Gasteiger partial charge in [-0.3, -0.25) is 0 Å². The maximum Gasteiger partial charge on any atom is 0.141 e. The van der Waals surface area contributed by atoms with Crippen molar-refractivity contribution in [3.8, 4) is 0 Å². The SMILES string of the molecule is CCNc1nc(CSc2cccc(F)c2)nc(C)c1CC. The standard InChI is InChI=1S/C16H20FN3S/c1-4-14-11(3)19-15(20-16(14)18-5-2)10-21-13-8-6-7-12(17)9-13/h6-9H,4-5,10H2,1-3H3,(H,18,19,20). The van der Waals surface area contributed by atoms with Gasteiger partial charge in [0, 0.05) is 22.7 Å². The Morgan fingerprint density at radius 2 is 2.05 bits per heavy atom. The lowest BCUT2D eigenvalue weighted by Gasteiger charge is -2.12. The fourth-order valence-electron chi connectivity index (χ4n) is 2.16. The zero-order chi connectivity index (χ0) is 15.2. The Morgan fingerprint density at radius 3 is 2.71 bits per heavy atom. The molecule has 1 heterocycles. The molecule has 1 N–H and O–H groups in total. The number of nitrogens with zero attached hydrogens (tertiary/aromatic N) is 2. The molecule has 1 aromatic carbocycles. The summed E-state index contributed by atoms with van der Waals surface area (Å²) in [6.07, 6.45) is 0.908. The molecule has 5 heteroatoms. The van der Waals surface area contributed by atoms with Crippen LogP contribution in [-0.2, 0) is 12.2 Å². The first-order chi connectivity index (χ1) is 10.1. The minimum atomic E-state index is -0.216. The molecule has 0 atom stereocenters. The molecule has 0 spiro atoms. The summed E-state index contributed by atoms with van der Waals surface area (Å²) in [4.78, 5) is 10.0. The van der Waals surface area contributed by atoms with Crippen LogP contribution in [0, 0.1) is 12.7 Å². The topological polar surface area (TPSA) is 37.8 Å². The van der Waals surface area contributed by atoms with E-state index in [4.69, 9.17) is 0 Å². The van der Waals surface area contributed by atoms with Crippen molar-refractivity contribution in [1.29, 1.82) is 0 Å².